The number of hydrogen-bond donors (Lipinski definition) is 0. The molecule has 0 fully saturated rings. The Bertz CT molecular complexity index is 3520. The zero-order valence-corrected chi connectivity index (χ0v) is 31.4. The van der Waals surface area contributed by atoms with Gasteiger partial charge in [0.15, 0.2) is 11.6 Å². The first kappa shape index (κ1) is 31.9. The molecule has 4 heterocycles. The largest absolute Gasteiger partial charge is 0.309 e. The first-order chi connectivity index (χ1) is 28.3. The average Bonchev–Trinajstić information content (AvgIpc) is 3.94. The van der Waals surface area contributed by atoms with Gasteiger partial charge >= 0.3 is 0 Å². The van der Waals surface area contributed by atoms with Crippen LogP contribution in [-0.2, 0) is 0 Å². The van der Waals surface area contributed by atoms with Crippen LogP contribution in [0.5, 0.6) is 0 Å². The molecular weight excluding hydrogens is 715 g/mol. The SMILES string of the molecule is c1ccc(-c2cccc(-c3nc(-c4ccccc4)nc(-n4c5ccccc5c5ccc6c(c7ccccc7n6-c6ccc7sc8ccccc8c7c6)c54)n3)c2)cc1. The normalized spacial score (nSPS) is 11.9. The van der Waals surface area contributed by atoms with Crippen molar-refractivity contribution < 1.29 is 0 Å². The van der Waals surface area contributed by atoms with Crippen molar-refractivity contribution in [2.45, 2.75) is 0 Å². The molecule has 5 nitrogen and oxygen atoms in total. The first-order valence-corrected chi connectivity index (χ1v) is 19.9. The summed E-state index contributed by atoms with van der Waals surface area (Å²) in [5.74, 6) is 1.82. The molecule has 12 aromatic rings. The standard InChI is InChI=1S/C51H31N5S/c1-3-14-32(15-4-1)34-18-13-19-35(30-34)50-52-49(33-16-5-2-6-17-33)53-51(54-50)56-42-23-10-7-20-37(42)39-27-28-44-47(48(39)56)40-22-8-11-24-43(40)55(44)36-26-29-46-41(31-36)38-21-9-12-25-45(38)57-46/h1-31H. The minimum atomic E-state index is 0.575. The maximum atomic E-state index is 5.35. The van der Waals surface area contributed by atoms with E-state index in [0.717, 1.165) is 66.2 Å². The Labute approximate surface area is 331 Å². The van der Waals surface area contributed by atoms with Crippen LogP contribution in [0.3, 0.4) is 0 Å². The van der Waals surface area contributed by atoms with Crippen molar-refractivity contribution in [1.29, 1.82) is 0 Å². The van der Waals surface area contributed by atoms with E-state index in [2.05, 4.69) is 173 Å². The molecule has 4 aromatic heterocycles. The summed E-state index contributed by atoms with van der Waals surface area (Å²) in [6, 6.07) is 66.6. The van der Waals surface area contributed by atoms with Gasteiger partial charge in [-0.1, -0.05) is 140 Å². The third-order valence-electron chi connectivity index (χ3n) is 11.2. The quantitative estimate of drug-likeness (QED) is 0.176. The zero-order valence-electron chi connectivity index (χ0n) is 30.5. The van der Waals surface area contributed by atoms with E-state index in [0.29, 0.717) is 17.6 Å². The Morgan fingerprint density at radius 1 is 0.351 bits per heavy atom. The van der Waals surface area contributed by atoms with Crippen LogP contribution in [-0.4, -0.2) is 24.1 Å². The van der Waals surface area contributed by atoms with Crippen molar-refractivity contribution in [2.75, 3.05) is 0 Å². The summed E-state index contributed by atoms with van der Waals surface area (Å²) in [7, 11) is 0. The lowest BCUT2D eigenvalue weighted by Gasteiger charge is -2.12. The minimum Gasteiger partial charge on any atom is -0.309 e. The summed E-state index contributed by atoms with van der Waals surface area (Å²) in [6.45, 7) is 0. The lowest BCUT2D eigenvalue weighted by atomic mass is 10.0. The molecule has 0 N–H and O–H groups in total. The molecule has 6 heteroatoms. The van der Waals surface area contributed by atoms with E-state index >= 15 is 0 Å². The second kappa shape index (κ2) is 12.6. The predicted molar refractivity (Wildman–Crippen MR) is 238 cm³/mol. The predicted octanol–water partition coefficient (Wildman–Crippen LogP) is 13.4. The number of nitrogens with zero attached hydrogens (tertiary/aromatic N) is 5. The van der Waals surface area contributed by atoms with Crippen LogP contribution in [0.1, 0.15) is 0 Å². The molecular formula is C51H31N5S. The van der Waals surface area contributed by atoms with Crippen LogP contribution >= 0.6 is 11.3 Å². The van der Waals surface area contributed by atoms with Gasteiger partial charge in [-0.15, -0.1) is 11.3 Å². The lowest BCUT2D eigenvalue weighted by molar-refractivity contribution is 0.955. The van der Waals surface area contributed by atoms with Gasteiger partial charge in [0.25, 0.3) is 0 Å². The summed E-state index contributed by atoms with van der Waals surface area (Å²) in [5, 5.41) is 7.18. The molecule has 0 aliphatic carbocycles. The summed E-state index contributed by atoms with van der Waals surface area (Å²) in [6.07, 6.45) is 0. The van der Waals surface area contributed by atoms with Crippen molar-refractivity contribution in [3.05, 3.63) is 188 Å². The molecule has 0 aliphatic heterocycles. The lowest BCUT2D eigenvalue weighted by Crippen LogP contribution is -2.06. The molecule has 0 atom stereocenters. The Morgan fingerprint density at radius 2 is 0.965 bits per heavy atom. The van der Waals surface area contributed by atoms with Crippen molar-refractivity contribution in [1.82, 2.24) is 24.1 Å². The fourth-order valence-corrected chi connectivity index (χ4v) is 9.71. The number of aromatic nitrogens is 5. The molecule has 0 aliphatic rings. The number of thiophene rings is 1. The minimum absolute atomic E-state index is 0.575. The molecule has 0 amide bonds. The van der Waals surface area contributed by atoms with Crippen LogP contribution in [0.4, 0.5) is 0 Å². The fourth-order valence-electron chi connectivity index (χ4n) is 8.63. The van der Waals surface area contributed by atoms with Gasteiger partial charge in [0.1, 0.15) is 0 Å². The third-order valence-corrected chi connectivity index (χ3v) is 12.3. The van der Waals surface area contributed by atoms with Gasteiger partial charge in [0.2, 0.25) is 5.95 Å². The average molecular weight is 746 g/mol. The summed E-state index contributed by atoms with van der Waals surface area (Å²) in [4.78, 5) is 15.8. The molecule has 0 unspecified atom stereocenters. The van der Waals surface area contributed by atoms with Crippen molar-refractivity contribution in [2.24, 2.45) is 0 Å². The van der Waals surface area contributed by atoms with E-state index < -0.39 is 0 Å². The van der Waals surface area contributed by atoms with Crippen molar-refractivity contribution >= 4 is 75.1 Å². The third kappa shape index (κ3) is 4.98. The van der Waals surface area contributed by atoms with Crippen molar-refractivity contribution in [3.8, 4) is 45.5 Å². The van der Waals surface area contributed by atoms with Gasteiger partial charge in [0, 0.05) is 58.5 Å². The maximum absolute atomic E-state index is 5.35. The van der Waals surface area contributed by atoms with E-state index in [1.54, 1.807) is 0 Å². The second-order valence-corrected chi connectivity index (χ2v) is 15.5. The molecule has 0 spiro atoms. The van der Waals surface area contributed by atoms with E-state index in [1.165, 1.54) is 25.6 Å². The molecule has 0 radical (unpaired) electrons. The highest BCUT2D eigenvalue weighted by atomic mass is 32.1. The van der Waals surface area contributed by atoms with Crippen LogP contribution < -0.4 is 0 Å². The van der Waals surface area contributed by atoms with E-state index in [4.69, 9.17) is 15.0 Å². The summed E-state index contributed by atoms with van der Waals surface area (Å²) < 4.78 is 7.27. The topological polar surface area (TPSA) is 48.5 Å². The molecule has 0 bridgehead atoms. The molecule has 266 valence electrons. The highest BCUT2D eigenvalue weighted by Gasteiger charge is 2.23. The highest BCUT2D eigenvalue weighted by molar-refractivity contribution is 7.25. The summed E-state index contributed by atoms with van der Waals surface area (Å²) >= 11 is 1.85. The van der Waals surface area contributed by atoms with E-state index in [1.807, 2.05) is 35.6 Å². The Kier molecular flexibility index (Phi) is 7.03. The van der Waals surface area contributed by atoms with Gasteiger partial charge in [-0.2, -0.15) is 9.97 Å². The van der Waals surface area contributed by atoms with Gasteiger partial charge < -0.3 is 4.57 Å². The molecule has 12 rings (SSSR count). The second-order valence-electron chi connectivity index (χ2n) is 14.4. The summed E-state index contributed by atoms with van der Waals surface area (Å²) in [5.41, 5.74) is 9.62. The monoisotopic (exact) mass is 745 g/mol. The fraction of sp³-hybridized carbons (Fsp3) is 0. The van der Waals surface area contributed by atoms with Crippen molar-refractivity contribution in [3.63, 3.8) is 0 Å². The number of benzene rings is 8. The highest BCUT2D eigenvalue weighted by Crippen LogP contribution is 2.43. The van der Waals surface area contributed by atoms with Gasteiger partial charge in [-0.25, -0.2) is 4.98 Å². The van der Waals surface area contributed by atoms with Gasteiger partial charge in [-0.05, 0) is 59.7 Å². The maximum Gasteiger partial charge on any atom is 0.238 e. The van der Waals surface area contributed by atoms with Crippen LogP contribution in [0, 0.1) is 0 Å². The Balaban J connectivity index is 1.17. The molecule has 8 aromatic carbocycles. The Morgan fingerprint density at radius 3 is 1.77 bits per heavy atom. The van der Waals surface area contributed by atoms with Crippen LogP contribution in [0.15, 0.2) is 188 Å². The number of hydrogen-bond acceptors (Lipinski definition) is 4. The first-order valence-electron chi connectivity index (χ1n) is 19.1. The van der Waals surface area contributed by atoms with E-state index in [9.17, 15) is 0 Å². The number of rotatable bonds is 5. The number of fused-ring (bicyclic) bond motifs is 10. The van der Waals surface area contributed by atoms with Gasteiger partial charge in [-0.3, -0.25) is 4.57 Å². The smallest absolute Gasteiger partial charge is 0.238 e. The molecule has 0 saturated heterocycles. The zero-order chi connectivity index (χ0) is 37.5. The van der Waals surface area contributed by atoms with Crippen LogP contribution in [0.2, 0.25) is 0 Å². The van der Waals surface area contributed by atoms with Crippen LogP contribution in [0.25, 0.3) is 109 Å². The van der Waals surface area contributed by atoms with Gasteiger partial charge in [0.05, 0.1) is 22.1 Å². The molecule has 57 heavy (non-hydrogen) atoms. The molecule has 0 saturated carbocycles. The Hall–Kier alpha value is -7.41. The number of para-hydroxylation sites is 2. The van der Waals surface area contributed by atoms with E-state index in [-0.39, 0.29) is 0 Å².